The maximum absolute atomic E-state index is 11.1. The zero-order valence-corrected chi connectivity index (χ0v) is 13.2. The van der Waals surface area contributed by atoms with Crippen LogP contribution in [0.15, 0.2) is 24.3 Å². The fourth-order valence-corrected chi connectivity index (χ4v) is 2.37. The second kappa shape index (κ2) is 8.87. The molecule has 0 spiro atoms. The van der Waals surface area contributed by atoms with Crippen molar-refractivity contribution >= 4 is 17.7 Å². The molecule has 0 aliphatic heterocycles. The van der Waals surface area contributed by atoms with Crippen LogP contribution in [0.2, 0.25) is 0 Å². The van der Waals surface area contributed by atoms with Gasteiger partial charge in [-0.3, -0.25) is 0 Å². The van der Waals surface area contributed by atoms with Crippen LogP contribution in [0, 0.1) is 0 Å². The number of carboxylic acids is 1. The summed E-state index contributed by atoms with van der Waals surface area (Å²) in [5.74, 6) is 0.626. The Morgan fingerprint density at radius 3 is 2.80 bits per heavy atom. The SMILES string of the molecule is CSCCC(C)N(C)CCOc1ccccc1C(=O)O. The van der Waals surface area contributed by atoms with Crippen molar-refractivity contribution in [1.82, 2.24) is 4.90 Å². The third-order valence-electron chi connectivity index (χ3n) is 3.31. The first kappa shape index (κ1) is 16.9. The number of rotatable bonds is 9. The van der Waals surface area contributed by atoms with E-state index in [2.05, 4.69) is 25.1 Å². The van der Waals surface area contributed by atoms with Gasteiger partial charge < -0.3 is 14.7 Å². The zero-order chi connectivity index (χ0) is 15.0. The Morgan fingerprint density at radius 1 is 1.45 bits per heavy atom. The highest BCUT2D eigenvalue weighted by Gasteiger charge is 2.12. The third kappa shape index (κ3) is 5.43. The van der Waals surface area contributed by atoms with Gasteiger partial charge >= 0.3 is 5.97 Å². The van der Waals surface area contributed by atoms with Crippen LogP contribution in [-0.4, -0.2) is 54.2 Å². The molecule has 0 radical (unpaired) electrons. The number of thioether (sulfide) groups is 1. The molecule has 4 nitrogen and oxygen atoms in total. The van der Waals surface area contributed by atoms with E-state index in [1.54, 1.807) is 24.3 Å². The predicted molar refractivity (Wildman–Crippen MR) is 84.0 cm³/mol. The number of para-hydroxylation sites is 1. The Hall–Kier alpha value is -1.20. The lowest BCUT2D eigenvalue weighted by Crippen LogP contribution is -2.33. The molecule has 0 aliphatic carbocycles. The van der Waals surface area contributed by atoms with E-state index in [0.29, 0.717) is 18.4 Å². The topological polar surface area (TPSA) is 49.8 Å². The van der Waals surface area contributed by atoms with E-state index in [-0.39, 0.29) is 5.56 Å². The normalized spacial score (nSPS) is 12.4. The van der Waals surface area contributed by atoms with Crippen LogP contribution in [0.5, 0.6) is 5.75 Å². The highest BCUT2D eigenvalue weighted by molar-refractivity contribution is 7.98. The van der Waals surface area contributed by atoms with Gasteiger partial charge in [-0.2, -0.15) is 11.8 Å². The van der Waals surface area contributed by atoms with Crippen LogP contribution < -0.4 is 4.74 Å². The Kier molecular flexibility index (Phi) is 7.47. The minimum Gasteiger partial charge on any atom is -0.491 e. The van der Waals surface area contributed by atoms with Crippen LogP contribution in [0.1, 0.15) is 23.7 Å². The van der Waals surface area contributed by atoms with Crippen molar-refractivity contribution < 1.29 is 14.6 Å². The lowest BCUT2D eigenvalue weighted by molar-refractivity contribution is 0.0691. The Balaban J connectivity index is 2.42. The maximum atomic E-state index is 11.1. The molecule has 5 heteroatoms. The average molecular weight is 297 g/mol. The van der Waals surface area contributed by atoms with E-state index in [9.17, 15) is 4.79 Å². The Labute approximate surface area is 125 Å². The van der Waals surface area contributed by atoms with Gasteiger partial charge in [0.25, 0.3) is 0 Å². The maximum Gasteiger partial charge on any atom is 0.339 e. The van der Waals surface area contributed by atoms with Crippen LogP contribution in [0.25, 0.3) is 0 Å². The molecule has 1 aromatic carbocycles. The van der Waals surface area contributed by atoms with Crippen molar-refractivity contribution in [3.63, 3.8) is 0 Å². The number of carbonyl (C=O) groups is 1. The van der Waals surface area contributed by atoms with Gasteiger partial charge in [0.1, 0.15) is 17.9 Å². The van der Waals surface area contributed by atoms with Crippen LogP contribution in [0.3, 0.4) is 0 Å². The van der Waals surface area contributed by atoms with Gasteiger partial charge in [-0.1, -0.05) is 12.1 Å². The summed E-state index contributed by atoms with van der Waals surface area (Å²) in [4.78, 5) is 13.3. The highest BCUT2D eigenvalue weighted by Crippen LogP contribution is 2.17. The summed E-state index contributed by atoms with van der Waals surface area (Å²) in [6, 6.07) is 7.24. The molecule has 0 heterocycles. The number of aromatic carboxylic acids is 1. The second-order valence-corrected chi connectivity index (χ2v) is 5.75. The monoisotopic (exact) mass is 297 g/mol. The molecule has 0 saturated heterocycles. The first-order chi connectivity index (χ1) is 9.56. The van der Waals surface area contributed by atoms with Crippen molar-refractivity contribution in [1.29, 1.82) is 0 Å². The van der Waals surface area contributed by atoms with Gasteiger partial charge in [0, 0.05) is 12.6 Å². The first-order valence-electron chi connectivity index (χ1n) is 6.70. The molecule has 1 N–H and O–H groups in total. The number of hydrogen-bond donors (Lipinski definition) is 1. The van der Waals surface area contributed by atoms with E-state index in [1.807, 2.05) is 11.8 Å². The van der Waals surface area contributed by atoms with Gasteiger partial charge in [-0.15, -0.1) is 0 Å². The smallest absolute Gasteiger partial charge is 0.339 e. The molecular weight excluding hydrogens is 274 g/mol. The summed E-state index contributed by atoms with van der Waals surface area (Å²) in [5.41, 5.74) is 0.214. The molecule has 1 unspecified atom stereocenters. The van der Waals surface area contributed by atoms with E-state index in [0.717, 1.165) is 18.7 Å². The summed E-state index contributed by atoms with van der Waals surface area (Å²) in [6.07, 6.45) is 3.25. The number of ether oxygens (including phenoxy) is 1. The molecule has 0 amide bonds. The number of hydrogen-bond acceptors (Lipinski definition) is 4. The second-order valence-electron chi connectivity index (χ2n) is 4.76. The number of nitrogens with zero attached hydrogens (tertiary/aromatic N) is 1. The van der Waals surface area contributed by atoms with Crippen LogP contribution in [0.4, 0.5) is 0 Å². The number of benzene rings is 1. The summed E-state index contributed by atoms with van der Waals surface area (Å²) >= 11 is 1.85. The molecule has 0 aliphatic rings. The van der Waals surface area contributed by atoms with Gasteiger partial charge in [0.15, 0.2) is 0 Å². The van der Waals surface area contributed by atoms with Crippen molar-refractivity contribution in [2.45, 2.75) is 19.4 Å². The molecule has 0 aromatic heterocycles. The minimum absolute atomic E-state index is 0.214. The van der Waals surface area contributed by atoms with Crippen molar-refractivity contribution in [2.75, 3.05) is 32.2 Å². The summed E-state index contributed by atoms with van der Waals surface area (Å²) in [7, 11) is 2.07. The summed E-state index contributed by atoms with van der Waals surface area (Å²) in [6.45, 7) is 3.47. The standard InChI is InChI=1S/C15H23NO3S/c1-12(8-11-20-3)16(2)9-10-19-14-7-5-4-6-13(14)15(17)18/h4-7,12H,8-11H2,1-3H3,(H,17,18). The van der Waals surface area contributed by atoms with Crippen LogP contribution in [-0.2, 0) is 0 Å². The van der Waals surface area contributed by atoms with Gasteiger partial charge in [0.2, 0.25) is 0 Å². The van der Waals surface area contributed by atoms with E-state index < -0.39 is 5.97 Å². The Morgan fingerprint density at radius 2 is 2.15 bits per heavy atom. The average Bonchev–Trinajstić information content (AvgIpc) is 2.44. The molecule has 1 aromatic rings. The molecule has 0 saturated carbocycles. The van der Waals surface area contributed by atoms with E-state index in [4.69, 9.17) is 9.84 Å². The molecule has 0 bridgehead atoms. The van der Waals surface area contributed by atoms with Crippen LogP contribution >= 0.6 is 11.8 Å². The summed E-state index contributed by atoms with van der Waals surface area (Å²) in [5, 5.41) is 9.07. The molecular formula is C15H23NO3S. The first-order valence-corrected chi connectivity index (χ1v) is 8.10. The fourth-order valence-electron chi connectivity index (χ4n) is 1.80. The van der Waals surface area contributed by atoms with Crippen molar-refractivity contribution in [3.8, 4) is 5.75 Å². The lowest BCUT2D eigenvalue weighted by atomic mass is 10.2. The molecule has 112 valence electrons. The fraction of sp³-hybridized carbons (Fsp3) is 0.533. The van der Waals surface area contributed by atoms with E-state index in [1.165, 1.54) is 0 Å². The predicted octanol–water partition coefficient (Wildman–Crippen LogP) is 2.84. The number of carboxylic acid groups (broad SMARTS) is 1. The molecule has 1 rings (SSSR count). The summed E-state index contributed by atoms with van der Waals surface area (Å²) < 4.78 is 5.60. The van der Waals surface area contributed by atoms with Gasteiger partial charge in [0.05, 0.1) is 0 Å². The molecule has 0 fully saturated rings. The van der Waals surface area contributed by atoms with Gasteiger partial charge in [-0.25, -0.2) is 4.79 Å². The van der Waals surface area contributed by atoms with Gasteiger partial charge in [-0.05, 0) is 44.5 Å². The zero-order valence-electron chi connectivity index (χ0n) is 12.3. The molecule has 1 atom stereocenters. The van der Waals surface area contributed by atoms with Crippen molar-refractivity contribution in [3.05, 3.63) is 29.8 Å². The van der Waals surface area contributed by atoms with E-state index >= 15 is 0 Å². The Bertz CT molecular complexity index is 425. The molecule has 20 heavy (non-hydrogen) atoms. The van der Waals surface area contributed by atoms with Crippen molar-refractivity contribution in [2.24, 2.45) is 0 Å². The third-order valence-corrected chi connectivity index (χ3v) is 3.96. The minimum atomic E-state index is -0.956. The largest absolute Gasteiger partial charge is 0.491 e. The highest BCUT2D eigenvalue weighted by atomic mass is 32.2. The lowest BCUT2D eigenvalue weighted by Gasteiger charge is -2.24. The number of likely N-dealkylation sites (N-methyl/N-ethyl adjacent to an activating group) is 1. The quantitative estimate of drug-likeness (QED) is 0.759.